The van der Waals surface area contributed by atoms with Gasteiger partial charge < -0.3 is 9.88 Å². The van der Waals surface area contributed by atoms with E-state index in [4.69, 9.17) is 0 Å². The quantitative estimate of drug-likeness (QED) is 0.893. The lowest BCUT2D eigenvalue weighted by atomic mass is 10.1. The van der Waals surface area contributed by atoms with Crippen molar-refractivity contribution in [2.45, 2.75) is 33.0 Å². The Morgan fingerprint density at radius 2 is 2.26 bits per heavy atom. The van der Waals surface area contributed by atoms with Gasteiger partial charge in [-0.15, -0.1) is 11.3 Å². The maximum Gasteiger partial charge on any atom is 0.255 e. The number of aromatic amines is 1. The minimum Gasteiger partial charge on any atom is -0.337 e. The minimum absolute atomic E-state index is 0.0802. The van der Waals surface area contributed by atoms with Gasteiger partial charge in [-0.3, -0.25) is 14.5 Å². The molecule has 4 rings (SSSR count). The minimum atomic E-state index is -0.0802. The third kappa shape index (κ3) is 2.70. The molecule has 1 amide bonds. The van der Waals surface area contributed by atoms with Crippen molar-refractivity contribution in [2.24, 2.45) is 0 Å². The molecule has 0 aliphatic carbocycles. The van der Waals surface area contributed by atoms with E-state index < -0.39 is 0 Å². The van der Waals surface area contributed by atoms with Crippen molar-refractivity contribution in [3.05, 3.63) is 49.3 Å². The average Bonchev–Trinajstić information content (AvgIpc) is 3.12. The third-order valence-corrected chi connectivity index (χ3v) is 5.52. The summed E-state index contributed by atoms with van der Waals surface area (Å²) in [5, 5.41) is 2.09. The summed E-state index contributed by atoms with van der Waals surface area (Å²) in [5.41, 5.74) is 2.69. The fraction of sp³-hybridized carbons (Fsp3) is 0.438. The van der Waals surface area contributed by atoms with Gasteiger partial charge in [0.2, 0.25) is 5.91 Å². The number of hydrogen-bond donors (Lipinski definition) is 1. The number of aromatic nitrogens is 2. The summed E-state index contributed by atoms with van der Waals surface area (Å²) in [7, 11) is 0. The summed E-state index contributed by atoms with van der Waals surface area (Å²) in [4.78, 5) is 37.0. The second-order valence-corrected chi connectivity index (χ2v) is 7.16. The van der Waals surface area contributed by atoms with Crippen molar-refractivity contribution >= 4 is 17.2 Å². The van der Waals surface area contributed by atoms with Gasteiger partial charge in [0.25, 0.3) is 5.56 Å². The number of carbonyl (C=O) groups excluding carboxylic acids is 1. The molecular weight excluding hydrogens is 312 g/mol. The molecule has 4 heterocycles. The molecule has 7 heteroatoms. The van der Waals surface area contributed by atoms with Crippen LogP contribution >= 0.6 is 11.3 Å². The number of hydrogen-bond acceptors (Lipinski definition) is 5. The van der Waals surface area contributed by atoms with Gasteiger partial charge in [-0.05, 0) is 30.4 Å². The van der Waals surface area contributed by atoms with E-state index in [1.54, 1.807) is 18.3 Å². The third-order valence-electron chi connectivity index (χ3n) is 4.49. The molecule has 2 aliphatic heterocycles. The van der Waals surface area contributed by atoms with Crippen LogP contribution in [0.15, 0.2) is 16.2 Å². The second kappa shape index (κ2) is 5.58. The first-order valence-corrected chi connectivity index (χ1v) is 8.62. The van der Waals surface area contributed by atoms with Crippen LogP contribution in [0.1, 0.15) is 27.5 Å². The van der Waals surface area contributed by atoms with Gasteiger partial charge in [0.05, 0.1) is 17.8 Å². The molecule has 0 bridgehead atoms. The highest BCUT2D eigenvalue weighted by Crippen LogP contribution is 2.24. The van der Waals surface area contributed by atoms with Gasteiger partial charge >= 0.3 is 0 Å². The smallest absolute Gasteiger partial charge is 0.255 e. The molecular formula is C16H18N4O2S. The highest BCUT2D eigenvalue weighted by Gasteiger charge is 2.28. The summed E-state index contributed by atoms with van der Waals surface area (Å²) in [6.07, 6.45) is 0.944. The largest absolute Gasteiger partial charge is 0.337 e. The van der Waals surface area contributed by atoms with E-state index in [1.807, 2.05) is 9.80 Å². The number of amides is 1. The van der Waals surface area contributed by atoms with Crippen molar-refractivity contribution in [1.82, 2.24) is 19.8 Å². The number of carbonyl (C=O) groups is 1. The molecule has 0 atom stereocenters. The molecule has 2 aromatic heterocycles. The highest BCUT2D eigenvalue weighted by molar-refractivity contribution is 7.10. The van der Waals surface area contributed by atoms with E-state index >= 15 is 0 Å². The molecule has 6 nitrogen and oxygen atoms in total. The first-order valence-electron chi connectivity index (χ1n) is 7.74. The van der Waals surface area contributed by atoms with Gasteiger partial charge in [0, 0.05) is 31.1 Å². The Kier molecular flexibility index (Phi) is 3.54. The standard InChI is InChI=1S/C16H18N4O2S/c1-10-17-13-8-19(7-12(13)16(22)18-10)9-15(21)20-4-2-14-11(6-20)3-5-23-14/h3,5H,2,4,6-9H2,1H3,(H,17,18,22). The Labute approximate surface area is 137 Å². The van der Waals surface area contributed by atoms with E-state index in [-0.39, 0.29) is 11.5 Å². The molecule has 2 aromatic rings. The molecule has 0 saturated carbocycles. The monoisotopic (exact) mass is 330 g/mol. The van der Waals surface area contributed by atoms with Crippen LogP contribution in [0.5, 0.6) is 0 Å². The Morgan fingerprint density at radius 3 is 3.13 bits per heavy atom. The lowest BCUT2D eigenvalue weighted by Crippen LogP contribution is -2.41. The van der Waals surface area contributed by atoms with Crippen molar-refractivity contribution in [3.63, 3.8) is 0 Å². The van der Waals surface area contributed by atoms with Gasteiger partial charge in [0.15, 0.2) is 0 Å². The second-order valence-electron chi connectivity index (χ2n) is 6.16. The molecule has 0 saturated heterocycles. The van der Waals surface area contributed by atoms with E-state index in [1.165, 1.54) is 10.4 Å². The molecule has 0 radical (unpaired) electrons. The first kappa shape index (κ1) is 14.6. The highest BCUT2D eigenvalue weighted by atomic mass is 32.1. The van der Waals surface area contributed by atoms with Crippen molar-refractivity contribution in [1.29, 1.82) is 0 Å². The first-order chi connectivity index (χ1) is 11.1. The number of rotatable bonds is 2. The van der Waals surface area contributed by atoms with E-state index in [9.17, 15) is 9.59 Å². The fourth-order valence-corrected chi connectivity index (χ4v) is 4.21. The lowest BCUT2D eigenvalue weighted by molar-refractivity contribution is -0.133. The van der Waals surface area contributed by atoms with Crippen LogP contribution in [0.25, 0.3) is 0 Å². The molecule has 0 fully saturated rings. The molecule has 0 aromatic carbocycles. The van der Waals surface area contributed by atoms with Crippen molar-refractivity contribution in [3.8, 4) is 0 Å². The number of thiophene rings is 1. The Morgan fingerprint density at radius 1 is 1.39 bits per heavy atom. The summed E-state index contributed by atoms with van der Waals surface area (Å²) < 4.78 is 0. The zero-order valence-electron chi connectivity index (χ0n) is 13.0. The van der Waals surface area contributed by atoms with Crippen molar-refractivity contribution < 1.29 is 4.79 Å². The molecule has 120 valence electrons. The molecule has 23 heavy (non-hydrogen) atoms. The van der Waals surface area contributed by atoms with Crippen LogP contribution in [0.2, 0.25) is 0 Å². The van der Waals surface area contributed by atoms with E-state index in [0.29, 0.717) is 37.6 Å². The lowest BCUT2D eigenvalue weighted by Gasteiger charge is -2.28. The fourth-order valence-electron chi connectivity index (χ4n) is 3.32. The number of nitrogens with one attached hydrogen (secondary N) is 1. The topological polar surface area (TPSA) is 69.3 Å². The van der Waals surface area contributed by atoms with E-state index in [0.717, 1.165) is 18.7 Å². The number of aryl methyl sites for hydroxylation is 1. The van der Waals surface area contributed by atoms with Crippen LogP contribution in [-0.4, -0.2) is 38.8 Å². The zero-order chi connectivity index (χ0) is 16.0. The zero-order valence-corrected chi connectivity index (χ0v) is 13.8. The average molecular weight is 330 g/mol. The van der Waals surface area contributed by atoms with Crippen LogP contribution < -0.4 is 5.56 Å². The van der Waals surface area contributed by atoms with Crippen molar-refractivity contribution in [2.75, 3.05) is 13.1 Å². The maximum atomic E-state index is 12.6. The van der Waals surface area contributed by atoms with Gasteiger partial charge in [-0.25, -0.2) is 4.98 Å². The SMILES string of the molecule is Cc1nc2c(c(=O)[nH]1)CN(CC(=O)N1CCc3sccc3C1)C2. The number of fused-ring (bicyclic) bond motifs is 2. The molecule has 0 unspecified atom stereocenters. The molecule has 0 spiro atoms. The van der Waals surface area contributed by atoms with Crippen LogP contribution in [0.3, 0.4) is 0 Å². The molecule has 2 aliphatic rings. The number of nitrogens with zero attached hydrogens (tertiary/aromatic N) is 3. The van der Waals surface area contributed by atoms with Crippen LogP contribution in [0.4, 0.5) is 0 Å². The van der Waals surface area contributed by atoms with Crippen LogP contribution in [0, 0.1) is 6.92 Å². The Balaban J connectivity index is 1.43. The van der Waals surface area contributed by atoms with Gasteiger partial charge in [0.1, 0.15) is 5.82 Å². The van der Waals surface area contributed by atoms with Gasteiger partial charge in [-0.2, -0.15) is 0 Å². The Bertz CT molecular complexity index is 826. The molecule has 1 N–H and O–H groups in total. The van der Waals surface area contributed by atoms with Crippen LogP contribution in [-0.2, 0) is 30.8 Å². The summed E-state index contributed by atoms with van der Waals surface area (Å²) in [6, 6.07) is 2.11. The normalized spacial score (nSPS) is 17.2. The van der Waals surface area contributed by atoms with E-state index in [2.05, 4.69) is 21.4 Å². The Hall–Kier alpha value is -1.99. The summed E-state index contributed by atoms with van der Waals surface area (Å²) >= 11 is 1.77. The number of H-pyrrole nitrogens is 1. The predicted molar refractivity (Wildman–Crippen MR) is 87.1 cm³/mol. The summed E-state index contributed by atoms with van der Waals surface area (Å²) in [5.74, 6) is 0.755. The van der Waals surface area contributed by atoms with Gasteiger partial charge in [-0.1, -0.05) is 0 Å². The summed E-state index contributed by atoms with van der Waals surface area (Å²) in [6.45, 7) is 4.68. The predicted octanol–water partition coefficient (Wildman–Crippen LogP) is 1.04. The maximum absolute atomic E-state index is 12.6.